The molecule has 0 atom stereocenters. The number of nitrogens with zero attached hydrogens (tertiary/aromatic N) is 4. The van der Waals surface area contributed by atoms with Gasteiger partial charge in [0.1, 0.15) is 21.7 Å². The monoisotopic (exact) mass is 407 g/mol. The Hall–Kier alpha value is -2.22. The summed E-state index contributed by atoms with van der Waals surface area (Å²) >= 11 is 13.4. The zero-order chi connectivity index (χ0) is 18.8. The van der Waals surface area contributed by atoms with Crippen LogP contribution in [-0.2, 0) is 0 Å². The third-order valence-electron chi connectivity index (χ3n) is 3.59. The maximum absolute atomic E-state index is 12.8. The Kier molecular flexibility index (Phi) is 5.41. The van der Waals surface area contributed by atoms with Gasteiger partial charge in [0.25, 0.3) is 5.91 Å². The quantitative estimate of drug-likeness (QED) is 0.624. The van der Waals surface area contributed by atoms with Crippen molar-refractivity contribution in [2.45, 2.75) is 13.8 Å². The molecule has 3 rings (SSSR count). The van der Waals surface area contributed by atoms with Crippen LogP contribution in [0.15, 0.2) is 30.5 Å². The Balaban J connectivity index is 1.81. The van der Waals surface area contributed by atoms with Crippen molar-refractivity contribution >= 4 is 57.1 Å². The molecule has 6 nitrogen and oxygen atoms in total. The van der Waals surface area contributed by atoms with Crippen LogP contribution >= 0.6 is 34.5 Å². The van der Waals surface area contributed by atoms with Crippen LogP contribution in [0.2, 0.25) is 10.2 Å². The molecule has 1 aromatic carbocycles. The molecule has 0 unspecified atom stereocenters. The van der Waals surface area contributed by atoms with E-state index < -0.39 is 0 Å². The molecular formula is C17H15Cl2N5OS. The highest BCUT2D eigenvalue weighted by atomic mass is 35.5. The van der Waals surface area contributed by atoms with Crippen molar-refractivity contribution in [2.75, 3.05) is 17.3 Å². The number of hydrogen-bond acceptors (Lipinski definition) is 6. The number of halogens is 2. The lowest BCUT2D eigenvalue weighted by Crippen LogP contribution is -2.26. The van der Waals surface area contributed by atoms with Gasteiger partial charge in [-0.1, -0.05) is 46.7 Å². The molecule has 0 aliphatic rings. The molecule has 1 N–H and O–H groups in total. The summed E-state index contributed by atoms with van der Waals surface area (Å²) in [5.74, 6) is 0.872. The van der Waals surface area contributed by atoms with Crippen molar-refractivity contribution in [3.8, 4) is 0 Å². The summed E-state index contributed by atoms with van der Waals surface area (Å²) in [5, 5.41) is 4.43. The van der Waals surface area contributed by atoms with Crippen molar-refractivity contribution in [2.24, 2.45) is 0 Å². The Morgan fingerprint density at radius 2 is 2.00 bits per heavy atom. The number of nitrogens with one attached hydrogen (secondary N) is 1. The molecule has 0 radical (unpaired) electrons. The number of anilines is 3. The number of carbonyl (C=O) groups excluding carboxylic acids is 1. The van der Waals surface area contributed by atoms with E-state index in [4.69, 9.17) is 23.2 Å². The van der Waals surface area contributed by atoms with E-state index in [0.29, 0.717) is 37.5 Å². The van der Waals surface area contributed by atoms with Crippen LogP contribution in [0.25, 0.3) is 0 Å². The van der Waals surface area contributed by atoms with Crippen molar-refractivity contribution in [1.82, 2.24) is 15.0 Å². The molecule has 0 fully saturated rings. The fourth-order valence-electron chi connectivity index (χ4n) is 2.45. The van der Waals surface area contributed by atoms with Crippen LogP contribution in [0.4, 0.5) is 16.6 Å². The molecule has 3 aromatic rings. The minimum atomic E-state index is -0.191. The molecule has 0 aliphatic heterocycles. The molecule has 0 saturated carbocycles. The van der Waals surface area contributed by atoms with Gasteiger partial charge in [0.2, 0.25) is 0 Å². The van der Waals surface area contributed by atoms with E-state index in [0.717, 1.165) is 5.56 Å². The average Bonchev–Trinajstić information content (AvgIpc) is 3.01. The van der Waals surface area contributed by atoms with Crippen LogP contribution in [0, 0.1) is 13.8 Å². The Morgan fingerprint density at radius 3 is 2.69 bits per heavy atom. The summed E-state index contributed by atoms with van der Waals surface area (Å²) in [6.45, 7) is 3.65. The van der Waals surface area contributed by atoms with E-state index >= 15 is 0 Å². The number of aryl methyl sites for hydroxylation is 2. The number of rotatable bonds is 4. The molecule has 0 spiro atoms. The summed E-state index contributed by atoms with van der Waals surface area (Å²) in [6.07, 6.45) is 1.52. The largest absolute Gasteiger partial charge is 0.316 e. The van der Waals surface area contributed by atoms with Crippen LogP contribution in [0.1, 0.15) is 21.1 Å². The van der Waals surface area contributed by atoms with Crippen LogP contribution in [-0.4, -0.2) is 27.9 Å². The molecule has 1 amide bonds. The Morgan fingerprint density at radius 1 is 1.23 bits per heavy atom. The maximum Gasteiger partial charge on any atom is 0.269 e. The van der Waals surface area contributed by atoms with Crippen molar-refractivity contribution in [3.05, 3.63) is 56.9 Å². The SMILES string of the molecule is Cc1nc(Cl)cc(Nc2ncc(C(=O)N(C)c3c(C)cccc3Cl)s2)n1. The van der Waals surface area contributed by atoms with E-state index in [1.54, 1.807) is 26.1 Å². The lowest BCUT2D eigenvalue weighted by atomic mass is 10.2. The molecular weight excluding hydrogens is 393 g/mol. The van der Waals surface area contributed by atoms with Crippen molar-refractivity contribution in [3.63, 3.8) is 0 Å². The second-order valence-electron chi connectivity index (χ2n) is 5.55. The molecule has 134 valence electrons. The molecule has 2 heterocycles. The maximum atomic E-state index is 12.8. The van der Waals surface area contributed by atoms with Gasteiger partial charge >= 0.3 is 0 Å². The average molecular weight is 408 g/mol. The highest BCUT2D eigenvalue weighted by Gasteiger charge is 2.20. The standard InChI is InChI=1S/C17H15Cl2N5OS/c1-9-5-4-6-11(18)15(9)24(3)16(25)12-8-20-17(26-12)23-14-7-13(19)21-10(2)22-14/h4-8H,1-3H3,(H,20,21,22,23). The van der Waals surface area contributed by atoms with Gasteiger partial charge in [-0.2, -0.15) is 0 Å². The smallest absolute Gasteiger partial charge is 0.269 e. The van der Waals surface area contributed by atoms with Gasteiger partial charge in [0.05, 0.1) is 16.9 Å². The first-order chi connectivity index (χ1) is 12.3. The van der Waals surface area contributed by atoms with E-state index in [1.165, 1.54) is 22.4 Å². The first-order valence-electron chi connectivity index (χ1n) is 7.62. The van der Waals surface area contributed by atoms with Crippen molar-refractivity contribution < 1.29 is 4.79 Å². The molecule has 0 aliphatic carbocycles. The number of aromatic nitrogens is 3. The summed E-state index contributed by atoms with van der Waals surface area (Å²) in [7, 11) is 1.69. The number of benzene rings is 1. The third kappa shape index (κ3) is 3.95. The molecule has 0 saturated heterocycles. The molecule has 26 heavy (non-hydrogen) atoms. The Labute approximate surface area is 164 Å². The minimum absolute atomic E-state index is 0.191. The van der Waals surface area contributed by atoms with Crippen LogP contribution in [0.5, 0.6) is 0 Å². The molecule has 2 aromatic heterocycles. The second-order valence-corrected chi connectivity index (χ2v) is 7.37. The van der Waals surface area contributed by atoms with Crippen LogP contribution < -0.4 is 10.2 Å². The zero-order valence-electron chi connectivity index (χ0n) is 14.2. The van der Waals surface area contributed by atoms with E-state index in [9.17, 15) is 4.79 Å². The summed E-state index contributed by atoms with van der Waals surface area (Å²) in [5.41, 5.74) is 1.60. The topological polar surface area (TPSA) is 71.0 Å². The van der Waals surface area contributed by atoms with Gasteiger partial charge in [-0.3, -0.25) is 4.79 Å². The van der Waals surface area contributed by atoms with Crippen molar-refractivity contribution in [1.29, 1.82) is 0 Å². The highest BCUT2D eigenvalue weighted by Crippen LogP contribution is 2.31. The first kappa shape index (κ1) is 18.6. The molecule has 9 heteroatoms. The normalized spacial score (nSPS) is 10.7. The first-order valence-corrected chi connectivity index (χ1v) is 9.19. The van der Waals surface area contributed by atoms with E-state index in [-0.39, 0.29) is 5.91 Å². The lowest BCUT2D eigenvalue weighted by Gasteiger charge is -2.20. The number of carbonyl (C=O) groups is 1. The van der Waals surface area contributed by atoms with Gasteiger partial charge in [0, 0.05) is 13.1 Å². The summed E-state index contributed by atoms with van der Waals surface area (Å²) < 4.78 is 0. The fourth-order valence-corrected chi connectivity index (χ4v) is 3.82. The summed E-state index contributed by atoms with van der Waals surface area (Å²) in [6, 6.07) is 7.11. The van der Waals surface area contributed by atoms with E-state index in [1.807, 2.05) is 19.1 Å². The van der Waals surface area contributed by atoms with Gasteiger partial charge in [-0.15, -0.1) is 0 Å². The van der Waals surface area contributed by atoms with Gasteiger partial charge in [-0.25, -0.2) is 15.0 Å². The fraction of sp³-hybridized carbons (Fsp3) is 0.176. The second kappa shape index (κ2) is 7.57. The predicted molar refractivity (Wildman–Crippen MR) is 106 cm³/mol. The lowest BCUT2D eigenvalue weighted by molar-refractivity contribution is 0.0996. The number of thiazole rings is 1. The van der Waals surface area contributed by atoms with E-state index in [2.05, 4.69) is 20.3 Å². The van der Waals surface area contributed by atoms with Crippen LogP contribution in [0.3, 0.4) is 0 Å². The minimum Gasteiger partial charge on any atom is -0.316 e. The predicted octanol–water partition coefficient (Wildman–Crippen LogP) is 4.88. The number of para-hydroxylation sites is 1. The highest BCUT2D eigenvalue weighted by molar-refractivity contribution is 7.17. The van der Waals surface area contributed by atoms with Gasteiger partial charge < -0.3 is 10.2 Å². The van der Waals surface area contributed by atoms with Gasteiger partial charge in [-0.05, 0) is 25.5 Å². The number of hydrogen-bond donors (Lipinski definition) is 1. The summed E-state index contributed by atoms with van der Waals surface area (Å²) in [4.78, 5) is 27.3. The number of amides is 1. The molecule has 0 bridgehead atoms. The Bertz CT molecular complexity index is 935. The zero-order valence-corrected chi connectivity index (χ0v) is 16.6. The van der Waals surface area contributed by atoms with Gasteiger partial charge in [0.15, 0.2) is 5.13 Å². The third-order valence-corrected chi connectivity index (χ3v) is 4.99.